The average Bonchev–Trinajstić information content (AvgIpc) is 2.40. The molecule has 5 heteroatoms. The van der Waals surface area contributed by atoms with Crippen LogP contribution in [-0.2, 0) is 0 Å². The molecule has 0 fully saturated rings. The lowest BCUT2D eigenvalue weighted by atomic mass is 10.3. The molecule has 1 aromatic rings. The van der Waals surface area contributed by atoms with Gasteiger partial charge in [-0.25, -0.2) is 0 Å². The minimum Gasteiger partial charge on any atom is -0.491 e. The summed E-state index contributed by atoms with van der Waals surface area (Å²) in [4.78, 5) is 2.40. The van der Waals surface area contributed by atoms with E-state index in [0.29, 0.717) is 6.61 Å². The second-order valence-corrected chi connectivity index (χ2v) is 5.97. The van der Waals surface area contributed by atoms with Gasteiger partial charge in [0.05, 0.1) is 4.47 Å². The Morgan fingerprint density at radius 1 is 1.16 bits per heavy atom. The largest absolute Gasteiger partial charge is 0.491 e. The van der Waals surface area contributed by atoms with Gasteiger partial charge in [-0.15, -0.1) is 0 Å². The molecule has 0 aliphatic rings. The number of nitrogens with zero attached hydrogens (tertiary/aromatic N) is 1. The number of likely N-dealkylation sites (N-methyl/N-ethyl adjacent to an activating group) is 1. The van der Waals surface area contributed by atoms with E-state index in [-0.39, 0.29) is 0 Å². The first-order chi connectivity index (χ1) is 9.17. The molecule has 1 N–H and O–H groups in total. The molecule has 19 heavy (non-hydrogen) atoms. The van der Waals surface area contributed by atoms with E-state index in [9.17, 15) is 0 Å². The van der Waals surface area contributed by atoms with Gasteiger partial charge in [0.2, 0.25) is 0 Å². The maximum absolute atomic E-state index is 5.71. The summed E-state index contributed by atoms with van der Waals surface area (Å²) in [6.07, 6.45) is 0. The lowest BCUT2D eigenvalue weighted by molar-refractivity contribution is 0.285. The minimum atomic E-state index is 0.679. The highest BCUT2D eigenvalue weighted by atomic mass is 79.9. The van der Waals surface area contributed by atoms with Crippen molar-refractivity contribution in [3.63, 3.8) is 0 Å². The van der Waals surface area contributed by atoms with Crippen LogP contribution < -0.4 is 10.1 Å². The molecular formula is C14H22Br2N2O. The van der Waals surface area contributed by atoms with Crippen LogP contribution in [0.2, 0.25) is 0 Å². The molecule has 0 radical (unpaired) electrons. The fraction of sp³-hybridized carbons (Fsp3) is 0.571. The molecule has 0 saturated heterocycles. The van der Waals surface area contributed by atoms with Crippen molar-refractivity contribution in [2.75, 3.05) is 39.3 Å². The molecule has 1 aromatic carbocycles. The van der Waals surface area contributed by atoms with Crippen LogP contribution in [-0.4, -0.2) is 44.2 Å². The number of benzene rings is 1. The highest BCUT2D eigenvalue weighted by Gasteiger charge is 2.01. The maximum atomic E-state index is 5.71. The molecule has 1 rings (SSSR count). The molecule has 0 aliphatic carbocycles. The summed E-state index contributed by atoms with van der Waals surface area (Å²) in [5, 5.41) is 3.39. The molecule has 0 unspecified atom stereocenters. The Balaban J connectivity index is 2.14. The zero-order chi connectivity index (χ0) is 14.1. The summed E-state index contributed by atoms with van der Waals surface area (Å²) in [6, 6.07) is 5.93. The first kappa shape index (κ1) is 17.0. The Morgan fingerprint density at radius 3 is 2.53 bits per heavy atom. The van der Waals surface area contributed by atoms with E-state index in [1.807, 2.05) is 18.2 Å². The van der Waals surface area contributed by atoms with Crippen LogP contribution in [0, 0.1) is 0 Å². The SMILES string of the molecule is CCN(CC)CCNCCOc1ccc(Br)cc1Br. The smallest absolute Gasteiger partial charge is 0.133 e. The maximum Gasteiger partial charge on any atom is 0.133 e. The molecule has 0 heterocycles. The van der Waals surface area contributed by atoms with Crippen LogP contribution in [0.1, 0.15) is 13.8 Å². The van der Waals surface area contributed by atoms with E-state index in [4.69, 9.17) is 4.74 Å². The molecule has 0 bridgehead atoms. The van der Waals surface area contributed by atoms with E-state index in [2.05, 4.69) is 55.9 Å². The predicted molar refractivity (Wildman–Crippen MR) is 88.0 cm³/mol. The molecule has 0 amide bonds. The van der Waals surface area contributed by atoms with E-state index < -0.39 is 0 Å². The van der Waals surface area contributed by atoms with Crippen LogP contribution in [0.5, 0.6) is 5.75 Å². The summed E-state index contributed by atoms with van der Waals surface area (Å²) in [5.74, 6) is 0.883. The molecule has 0 spiro atoms. The second-order valence-electron chi connectivity index (χ2n) is 4.20. The summed E-state index contributed by atoms with van der Waals surface area (Å²) in [6.45, 7) is 10.3. The van der Waals surface area contributed by atoms with Gasteiger partial charge in [-0.1, -0.05) is 29.8 Å². The first-order valence-electron chi connectivity index (χ1n) is 6.68. The molecule has 0 aliphatic heterocycles. The van der Waals surface area contributed by atoms with Crippen molar-refractivity contribution in [1.29, 1.82) is 0 Å². The van der Waals surface area contributed by atoms with Gasteiger partial charge < -0.3 is 15.0 Å². The molecule has 3 nitrogen and oxygen atoms in total. The van der Waals surface area contributed by atoms with Gasteiger partial charge in [0.15, 0.2) is 0 Å². The summed E-state index contributed by atoms with van der Waals surface area (Å²) < 4.78 is 7.73. The summed E-state index contributed by atoms with van der Waals surface area (Å²) in [5.41, 5.74) is 0. The third kappa shape index (κ3) is 6.75. The molecule has 0 aromatic heterocycles. The van der Waals surface area contributed by atoms with Crippen molar-refractivity contribution in [3.8, 4) is 5.75 Å². The predicted octanol–water partition coefficient (Wildman–Crippen LogP) is 3.52. The monoisotopic (exact) mass is 392 g/mol. The van der Waals surface area contributed by atoms with Crippen molar-refractivity contribution in [2.45, 2.75) is 13.8 Å². The van der Waals surface area contributed by atoms with Crippen LogP contribution in [0.15, 0.2) is 27.1 Å². The van der Waals surface area contributed by atoms with E-state index >= 15 is 0 Å². The molecule has 0 saturated carbocycles. The number of rotatable bonds is 9. The third-order valence-electron chi connectivity index (χ3n) is 2.93. The van der Waals surface area contributed by atoms with Gasteiger partial charge in [-0.2, -0.15) is 0 Å². The Kier molecular flexibility index (Phi) is 8.70. The average molecular weight is 394 g/mol. The Morgan fingerprint density at radius 2 is 1.89 bits per heavy atom. The van der Waals surface area contributed by atoms with Crippen molar-refractivity contribution in [2.24, 2.45) is 0 Å². The van der Waals surface area contributed by atoms with Crippen LogP contribution >= 0.6 is 31.9 Å². The third-order valence-corrected chi connectivity index (χ3v) is 4.04. The highest BCUT2D eigenvalue weighted by Crippen LogP contribution is 2.27. The van der Waals surface area contributed by atoms with Gasteiger partial charge in [0.1, 0.15) is 12.4 Å². The van der Waals surface area contributed by atoms with Gasteiger partial charge in [-0.05, 0) is 47.2 Å². The van der Waals surface area contributed by atoms with Crippen LogP contribution in [0.4, 0.5) is 0 Å². The fourth-order valence-corrected chi connectivity index (χ4v) is 2.89. The zero-order valence-electron chi connectivity index (χ0n) is 11.6. The van der Waals surface area contributed by atoms with Gasteiger partial charge >= 0.3 is 0 Å². The van der Waals surface area contributed by atoms with Crippen LogP contribution in [0.3, 0.4) is 0 Å². The van der Waals surface area contributed by atoms with Crippen LogP contribution in [0.25, 0.3) is 0 Å². The van der Waals surface area contributed by atoms with E-state index in [0.717, 1.165) is 47.4 Å². The van der Waals surface area contributed by atoms with Crippen molar-refractivity contribution in [1.82, 2.24) is 10.2 Å². The Hall–Kier alpha value is -0.100. The topological polar surface area (TPSA) is 24.5 Å². The zero-order valence-corrected chi connectivity index (χ0v) is 14.8. The fourth-order valence-electron chi connectivity index (χ4n) is 1.73. The minimum absolute atomic E-state index is 0.679. The second kappa shape index (κ2) is 9.75. The van der Waals surface area contributed by atoms with Gasteiger partial charge in [0, 0.05) is 24.1 Å². The number of nitrogens with one attached hydrogen (secondary N) is 1. The van der Waals surface area contributed by atoms with E-state index in [1.54, 1.807) is 0 Å². The Labute approximate surface area is 133 Å². The quantitative estimate of drug-likeness (QED) is 0.649. The lowest BCUT2D eigenvalue weighted by Gasteiger charge is -2.18. The van der Waals surface area contributed by atoms with Crippen molar-refractivity contribution < 1.29 is 4.74 Å². The standard InChI is InChI=1S/C14H22Br2N2O/c1-3-18(4-2)9-7-17-8-10-19-14-6-5-12(15)11-13(14)16/h5-6,11,17H,3-4,7-10H2,1-2H3. The summed E-state index contributed by atoms with van der Waals surface area (Å²) >= 11 is 6.91. The number of hydrogen-bond donors (Lipinski definition) is 1. The lowest BCUT2D eigenvalue weighted by Crippen LogP contribution is -2.33. The number of ether oxygens (including phenoxy) is 1. The van der Waals surface area contributed by atoms with Gasteiger partial charge in [0.25, 0.3) is 0 Å². The van der Waals surface area contributed by atoms with Gasteiger partial charge in [-0.3, -0.25) is 0 Å². The number of halogens is 2. The van der Waals surface area contributed by atoms with E-state index in [1.165, 1.54) is 0 Å². The van der Waals surface area contributed by atoms with Crippen molar-refractivity contribution in [3.05, 3.63) is 27.1 Å². The highest BCUT2D eigenvalue weighted by molar-refractivity contribution is 9.11. The number of hydrogen-bond acceptors (Lipinski definition) is 3. The first-order valence-corrected chi connectivity index (χ1v) is 8.26. The normalized spacial score (nSPS) is 11.0. The van der Waals surface area contributed by atoms with Crippen molar-refractivity contribution >= 4 is 31.9 Å². The Bertz CT molecular complexity index is 370. The molecular weight excluding hydrogens is 372 g/mol. The molecule has 0 atom stereocenters. The molecule has 108 valence electrons. The summed E-state index contributed by atoms with van der Waals surface area (Å²) in [7, 11) is 0.